The van der Waals surface area contributed by atoms with E-state index in [2.05, 4.69) is 14.9 Å². The van der Waals surface area contributed by atoms with Crippen molar-refractivity contribution >= 4 is 10.0 Å². The molecular weight excluding hydrogens is 322 g/mol. The van der Waals surface area contributed by atoms with Crippen molar-refractivity contribution in [2.75, 3.05) is 14.2 Å². The van der Waals surface area contributed by atoms with Gasteiger partial charge in [0.15, 0.2) is 0 Å². The van der Waals surface area contributed by atoms with Gasteiger partial charge < -0.3 is 13.9 Å². The van der Waals surface area contributed by atoms with Crippen LogP contribution in [0.5, 0.6) is 11.5 Å². The summed E-state index contributed by atoms with van der Waals surface area (Å²) >= 11 is 0. The summed E-state index contributed by atoms with van der Waals surface area (Å²) in [7, 11) is -0.917. The van der Waals surface area contributed by atoms with E-state index in [4.69, 9.17) is 13.9 Å². The first-order chi connectivity index (χ1) is 10.9. The van der Waals surface area contributed by atoms with Gasteiger partial charge in [-0.25, -0.2) is 13.1 Å². The maximum atomic E-state index is 12.4. The highest BCUT2D eigenvalue weighted by molar-refractivity contribution is 7.89. The lowest BCUT2D eigenvalue weighted by atomic mass is 10.2. The molecule has 2 rings (SSSR count). The van der Waals surface area contributed by atoms with E-state index in [0.717, 1.165) is 0 Å². The van der Waals surface area contributed by atoms with Gasteiger partial charge in [-0.3, -0.25) is 0 Å². The van der Waals surface area contributed by atoms with Crippen molar-refractivity contribution < 1.29 is 22.3 Å². The molecule has 23 heavy (non-hydrogen) atoms. The molecule has 1 aromatic heterocycles. The molecule has 9 heteroatoms. The summed E-state index contributed by atoms with van der Waals surface area (Å²) in [5, 5.41) is 7.66. The second-order valence-electron chi connectivity index (χ2n) is 5.03. The van der Waals surface area contributed by atoms with E-state index >= 15 is 0 Å². The molecule has 1 aromatic carbocycles. The molecule has 0 atom stereocenters. The fourth-order valence-electron chi connectivity index (χ4n) is 1.80. The molecule has 0 saturated carbocycles. The monoisotopic (exact) mass is 341 g/mol. The topological polar surface area (TPSA) is 104 Å². The molecule has 0 bridgehead atoms. The summed E-state index contributed by atoms with van der Waals surface area (Å²) in [4.78, 5) is 0.00407. The van der Waals surface area contributed by atoms with Crippen molar-refractivity contribution in [1.82, 2.24) is 14.9 Å². The average molecular weight is 341 g/mol. The fraction of sp³-hybridized carbons (Fsp3) is 0.429. The third kappa shape index (κ3) is 3.99. The minimum Gasteiger partial charge on any atom is -0.497 e. The van der Waals surface area contributed by atoms with Crippen molar-refractivity contribution in [1.29, 1.82) is 0 Å². The zero-order valence-corrected chi connectivity index (χ0v) is 14.2. The summed E-state index contributed by atoms with van der Waals surface area (Å²) in [6.07, 6.45) is 0. The molecule has 1 N–H and O–H groups in total. The summed E-state index contributed by atoms with van der Waals surface area (Å²) < 4.78 is 42.7. The maximum absolute atomic E-state index is 12.4. The quantitative estimate of drug-likeness (QED) is 0.817. The number of nitrogens with zero attached hydrogens (tertiary/aromatic N) is 2. The average Bonchev–Trinajstić information content (AvgIpc) is 3.01. The van der Waals surface area contributed by atoms with E-state index in [1.54, 1.807) is 6.07 Å². The molecule has 126 valence electrons. The highest BCUT2D eigenvalue weighted by atomic mass is 32.2. The Hall–Kier alpha value is -2.13. The Morgan fingerprint density at radius 1 is 1.22 bits per heavy atom. The van der Waals surface area contributed by atoms with Gasteiger partial charge in [0.1, 0.15) is 16.4 Å². The maximum Gasteiger partial charge on any atom is 0.244 e. The standard InChI is InChI=1S/C14H19N3O5S/c1-9(2)14-17-16-13(22-14)8-15-23(18,19)12-6-5-10(20-3)7-11(12)21-4/h5-7,9,15H,8H2,1-4H3. The smallest absolute Gasteiger partial charge is 0.244 e. The number of sulfonamides is 1. The van der Waals surface area contributed by atoms with Crippen LogP contribution in [0.2, 0.25) is 0 Å². The van der Waals surface area contributed by atoms with Crippen LogP contribution in [0.25, 0.3) is 0 Å². The second kappa shape index (κ2) is 6.97. The van der Waals surface area contributed by atoms with Crippen LogP contribution in [0.1, 0.15) is 31.5 Å². The number of ether oxygens (including phenoxy) is 2. The van der Waals surface area contributed by atoms with Gasteiger partial charge in [0.2, 0.25) is 21.8 Å². The van der Waals surface area contributed by atoms with Crippen LogP contribution >= 0.6 is 0 Å². The predicted octanol–water partition coefficient (Wildman–Crippen LogP) is 1.69. The number of hydrogen-bond acceptors (Lipinski definition) is 7. The van der Waals surface area contributed by atoms with Crippen LogP contribution in [-0.2, 0) is 16.6 Å². The van der Waals surface area contributed by atoms with E-state index in [0.29, 0.717) is 11.6 Å². The fourth-order valence-corrected chi connectivity index (χ4v) is 2.93. The first-order valence-corrected chi connectivity index (χ1v) is 8.39. The van der Waals surface area contributed by atoms with E-state index in [9.17, 15) is 8.42 Å². The van der Waals surface area contributed by atoms with Crippen molar-refractivity contribution in [3.05, 3.63) is 30.0 Å². The minimum absolute atomic E-state index is 0.00407. The molecule has 0 spiro atoms. The molecule has 0 aliphatic carbocycles. The molecule has 0 aliphatic rings. The van der Waals surface area contributed by atoms with Gasteiger partial charge in [-0.15, -0.1) is 10.2 Å². The number of methoxy groups -OCH3 is 2. The van der Waals surface area contributed by atoms with Crippen LogP contribution in [0.4, 0.5) is 0 Å². The molecule has 1 heterocycles. The Kier molecular flexibility index (Phi) is 5.22. The van der Waals surface area contributed by atoms with Gasteiger partial charge in [-0.2, -0.15) is 0 Å². The lowest BCUT2D eigenvalue weighted by molar-refractivity contribution is 0.385. The molecule has 8 nitrogen and oxygen atoms in total. The first kappa shape index (κ1) is 17.2. The highest BCUT2D eigenvalue weighted by Crippen LogP contribution is 2.28. The summed E-state index contributed by atoms with van der Waals surface area (Å²) in [6.45, 7) is 3.71. The normalized spacial score (nSPS) is 11.7. The van der Waals surface area contributed by atoms with Gasteiger partial charge in [-0.1, -0.05) is 13.8 Å². The Morgan fingerprint density at radius 3 is 2.52 bits per heavy atom. The highest BCUT2D eigenvalue weighted by Gasteiger charge is 2.21. The lowest BCUT2D eigenvalue weighted by Crippen LogP contribution is -2.24. The number of nitrogens with one attached hydrogen (secondary N) is 1. The Bertz CT molecular complexity index is 770. The van der Waals surface area contributed by atoms with E-state index in [1.807, 2.05) is 13.8 Å². The lowest BCUT2D eigenvalue weighted by Gasteiger charge is -2.11. The summed E-state index contributed by atoms with van der Waals surface area (Å²) in [5.41, 5.74) is 0. The molecule has 0 unspecified atom stereocenters. The molecule has 0 saturated heterocycles. The second-order valence-corrected chi connectivity index (χ2v) is 6.77. The number of aromatic nitrogens is 2. The van der Waals surface area contributed by atoms with E-state index in [-0.39, 0.29) is 29.0 Å². The number of benzene rings is 1. The van der Waals surface area contributed by atoms with Gasteiger partial charge >= 0.3 is 0 Å². The van der Waals surface area contributed by atoms with Crippen LogP contribution in [0, 0.1) is 0 Å². The van der Waals surface area contributed by atoms with Crippen LogP contribution in [-0.4, -0.2) is 32.8 Å². The van der Waals surface area contributed by atoms with Crippen LogP contribution in [0.3, 0.4) is 0 Å². The van der Waals surface area contributed by atoms with E-state index in [1.165, 1.54) is 26.4 Å². The first-order valence-electron chi connectivity index (χ1n) is 6.91. The van der Waals surface area contributed by atoms with Gasteiger partial charge in [-0.05, 0) is 12.1 Å². The van der Waals surface area contributed by atoms with Gasteiger partial charge in [0, 0.05) is 12.0 Å². The minimum atomic E-state index is -3.80. The van der Waals surface area contributed by atoms with Gasteiger partial charge in [0.05, 0.1) is 20.8 Å². The SMILES string of the molecule is COc1ccc(S(=O)(=O)NCc2nnc(C(C)C)o2)c(OC)c1. The van der Waals surface area contributed by atoms with Crippen LogP contribution in [0.15, 0.2) is 27.5 Å². The number of hydrogen-bond donors (Lipinski definition) is 1. The Morgan fingerprint density at radius 2 is 1.96 bits per heavy atom. The van der Waals surface area contributed by atoms with Crippen LogP contribution < -0.4 is 14.2 Å². The Labute approximate surface area is 134 Å². The van der Waals surface area contributed by atoms with Gasteiger partial charge in [0.25, 0.3) is 0 Å². The van der Waals surface area contributed by atoms with Crippen molar-refractivity contribution in [3.63, 3.8) is 0 Å². The number of rotatable bonds is 7. The zero-order valence-electron chi connectivity index (χ0n) is 13.4. The predicted molar refractivity (Wildman–Crippen MR) is 82.0 cm³/mol. The third-order valence-corrected chi connectivity index (χ3v) is 4.49. The molecule has 0 fully saturated rings. The van der Waals surface area contributed by atoms with E-state index < -0.39 is 10.0 Å². The summed E-state index contributed by atoms with van der Waals surface area (Å²) in [5.74, 6) is 1.42. The molecule has 2 aromatic rings. The molecule has 0 aliphatic heterocycles. The Balaban J connectivity index is 2.18. The summed E-state index contributed by atoms with van der Waals surface area (Å²) in [6, 6.07) is 4.45. The van der Waals surface area contributed by atoms with Crippen molar-refractivity contribution in [2.24, 2.45) is 0 Å². The molecule has 0 radical (unpaired) electrons. The largest absolute Gasteiger partial charge is 0.497 e. The molecular formula is C14H19N3O5S. The zero-order chi connectivity index (χ0) is 17.0. The van der Waals surface area contributed by atoms with Crippen molar-refractivity contribution in [2.45, 2.75) is 31.2 Å². The van der Waals surface area contributed by atoms with Crippen molar-refractivity contribution in [3.8, 4) is 11.5 Å². The third-order valence-electron chi connectivity index (χ3n) is 3.05. The molecule has 0 amide bonds.